The number of aromatic nitrogens is 1. The number of rotatable bonds is 16. The molecule has 1 heterocycles. The van der Waals surface area contributed by atoms with Gasteiger partial charge in [-0.2, -0.15) is 17.8 Å². The lowest BCUT2D eigenvalue weighted by atomic mass is 10.0. The van der Waals surface area contributed by atoms with Gasteiger partial charge in [0.05, 0.1) is 20.8 Å². The van der Waals surface area contributed by atoms with Crippen molar-refractivity contribution in [2.45, 2.75) is 38.5 Å². The largest absolute Gasteiger partial charge is 0.619 e. The summed E-state index contributed by atoms with van der Waals surface area (Å²) in [6, 6.07) is 8.84. The Bertz CT molecular complexity index is 1560. The zero-order valence-corrected chi connectivity index (χ0v) is 26.5. The van der Waals surface area contributed by atoms with Gasteiger partial charge in [0, 0.05) is 18.5 Å². The summed E-state index contributed by atoms with van der Waals surface area (Å²) < 4.78 is 78.4. The van der Waals surface area contributed by atoms with Gasteiger partial charge in [-0.25, -0.2) is 8.42 Å². The summed E-state index contributed by atoms with van der Waals surface area (Å²) in [5, 5.41) is 11.8. The molecule has 2 aromatic carbocycles. The standard InChI is InChI=1S/C29H30Cl2F2N2O9S/c1-40-23-7-5-18(9-26(23)41-2)12-35(45(38)39)15-28(36)43-25(11-20-21(30)13-34(37)14-22(20)31)19-6-8-24(44-29(32)33)27(10-19)42-16-17-3-4-17/h5-10,13-14,17,25,29,45H,3-4,11-12,15-16H2,1-2H3. The minimum absolute atomic E-state index is 0.00104. The molecule has 0 spiro atoms. The zero-order valence-electron chi connectivity index (χ0n) is 24.1. The SMILES string of the molecule is COc1ccc(CN(CC(=O)OC(Cc2c(Cl)c[n+]([O-])cc2Cl)c2ccc(OC(F)F)c(OCC3CC3)c2)[SH](=O)=O)cc1OC. The summed E-state index contributed by atoms with van der Waals surface area (Å²) in [6.45, 7) is -3.69. The molecule has 0 saturated heterocycles. The van der Waals surface area contributed by atoms with Crippen molar-refractivity contribution in [3.63, 3.8) is 0 Å². The molecule has 0 radical (unpaired) electrons. The third-order valence-electron chi connectivity index (χ3n) is 6.80. The molecule has 1 unspecified atom stereocenters. The monoisotopic (exact) mass is 690 g/mol. The molecule has 45 heavy (non-hydrogen) atoms. The minimum atomic E-state index is -3.24. The quantitative estimate of drug-likeness (QED) is 0.0967. The second-order valence-corrected chi connectivity index (χ2v) is 11.9. The molecule has 0 amide bonds. The van der Waals surface area contributed by atoms with Gasteiger partial charge >= 0.3 is 12.6 Å². The van der Waals surface area contributed by atoms with Gasteiger partial charge in [-0.3, -0.25) is 4.79 Å². The average molecular weight is 692 g/mol. The summed E-state index contributed by atoms with van der Waals surface area (Å²) in [6.07, 6.45) is 2.71. The van der Waals surface area contributed by atoms with E-state index in [-0.39, 0.29) is 52.6 Å². The number of benzene rings is 2. The van der Waals surface area contributed by atoms with Gasteiger partial charge < -0.3 is 28.9 Å². The Balaban J connectivity index is 1.62. The predicted molar refractivity (Wildman–Crippen MR) is 160 cm³/mol. The summed E-state index contributed by atoms with van der Waals surface area (Å²) >= 11 is 12.6. The molecule has 11 nitrogen and oxygen atoms in total. The van der Waals surface area contributed by atoms with Crippen molar-refractivity contribution in [1.82, 2.24) is 4.31 Å². The molecule has 4 rings (SSSR count). The van der Waals surface area contributed by atoms with Crippen molar-refractivity contribution in [2.75, 3.05) is 27.4 Å². The number of ether oxygens (including phenoxy) is 5. The van der Waals surface area contributed by atoms with Crippen LogP contribution in [0.15, 0.2) is 48.8 Å². The third-order valence-corrected chi connectivity index (χ3v) is 8.20. The number of hydrogen-bond donors (Lipinski definition) is 1. The Labute approximate surface area is 269 Å². The van der Waals surface area contributed by atoms with E-state index in [1.807, 2.05) is 0 Å². The Morgan fingerprint density at radius 1 is 1.02 bits per heavy atom. The van der Waals surface area contributed by atoms with E-state index in [9.17, 15) is 27.2 Å². The molecule has 16 heteroatoms. The zero-order chi connectivity index (χ0) is 32.7. The van der Waals surface area contributed by atoms with E-state index in [1.54, 1.807) is 18.2 Å². The van der Waals surface area contributed by atoms with E-state index in [1.165, 1.54) is 32.4 Å². The van der Waals surface area contributed by atoms with Crippen LogP contribution in [-0.4, -0.2) is 52.7 Å². The van der Waals surface area contributed by atoms with Crippen LogP contribution in [0.3, 0.4) is 0 Å². The van der Waals surface area contributed by atoms with E-state index >= 15 is 0 Å². The molecule has 1 atom stereocenters. The number of nitrogens with zero attached hydrogens (tertiary/aromatic N) is 2. The van der Waals surface area contributed by atoms with Crippen LogP contribution in [0.1, 0.15) is 35.6 Å². The maximum absolute atomic E-state index is 13.2. The Kier molecular flexibility index (Phi) is 11.9. The van der Waals surface area contributed by atoms with E-state index in [2.05, 4.69) is 4.74 Å². The lowest BCUT2D eigenvalue weighted by Crippen LogP contribution is -2.31. The van der Waals surface area contributed by atoms with Crippen LogP contribution in [0.2, 0.25) is 10.0 Å². The minimum Gasteiger partial charge on any atom is -0.619 e. The van der Waals surface area contributed by atoms with Gasteiger partial charge in [-0.15, -0.1) is 0 Å². The number of carbonyl (C=O) groups is 1. The van der Waals surface area contributed by atoms with Crippen LogP contribution in [0, 0.1) is 11.1 Å². The molecule has 1 fully saturated rings. The van der Waals surface area contributed by atoms with Crippen molar-refractivity contribution in [2.24, 2.45) is 5.92 Å². The highest BCUT2D eigenvalue weighted by Crippen LogP contribution is 2.38. The molecule has 1 saturated carbocycles. The fourth-order valence-corrected chi connectivity index (χ4v) is 5.48. The van der Waals surface area contributed by atoms with E-state index in [0.29, 0.717) is 27.4 Å². The van der Waals surface area contributed by atoms with Gasteiger partial charge in [0.15, 0.2) is 35.4 Å². The van der Waals surface area contributed by atoms with Crippen molar-refractivity contribution in [3.05, 3.63) is 80.7 Å². The molecule has 0 N–H and O–H groups in total. The second-order valence-electron chi connectivity index (χ2n) is 10.1. The number of thiol groups is 1. The smallest absolute Gasteiger partial charge is 0.387 e. The summed E-state index contributed by atoms with van der Waals surface area (Å²) in [7, 11) is -0.346. The summed E-state index contributed by atoms with van der Waals surface area (Å²) in [5.41, 5.74) is 1.06. The first-order valence-electron chi connectivity index (χ1n) is 13.5. The number of carbonyl (C=O) groups excluding carboxylic acids is 1. The molecule has 244 valence electrons. The molecule has 1 aliphatic rings. The summed E-state index contributed by atoms with van der Waals surface area (Å²) in [5.74, 6) is -0.0575. The van der Waals surface area contributed by atoms with Gasteiger partial charge in [0.2, 0.25) is 10.9 Å². The number of hydrogen-bond acceptors (Lipinski definition) is 9. The fourth-order valence-electron chi connectivity index (χ4n) is 4.37. The highest BCUT2D eigenvalue weighted by Gasteiger charge is 2.27. The van der Waals surface area contributed by atoms with Crippen LogP contribution in [0.4, 0.5) is 8.78 Å². The maximum atomic E-state index is 13.2. The average Bonchev–Trinajstić information content (AvgIpc) is 3.81. The molecule has 3 aromatic rings. The highest BCUT2D eigenvalue weighted by atomic mass is 35.5. The second kappa shape index (κ2) is 15.6. The van der Waals surface area contributed by atoms with Gasteiger partial charge in [0.25, 0.3) is 0 Å². The molecular formula is C29H30Cl2F2N2O9S. The van der Waals surface area contributed by atoms with Crippen molar-refractivity contribution >= 4 is 40.1 Å². The van der Waals surface area contributed by atoms with Crippen LogP contribution < -0.4 is 23.7 Å². The van der Waals surface area contributed by atoms with Crippen LogP contribution in [-0.2, 0) is 33.4 Å². The summed E-state index contributed by atoms with van der Waals surface area (Å²) in [4.78, 5) is 13.2. The molecular weight excluding hydrogens is 661 g/mol. The van der Waals surface area contributed by atoms with Crippen molar-refractivity contribution in [1.29, 1.82) is 0 Å². The van der Waals surface area contributed by atoms with E-state index < -0.39 is 36.1 Å². The van der Waals surface area contributed by atoms with Crippen molar-refractivity contribution < 1.29 is 50.4 Å². The number of halogens is 4. The van der Waals surface area contributed by atoms with Gasteiger partial charge in [-0.1, -0.05) is 35.3 Å². The molecule has 0 aliphatic heterocycles. The Hall–Kier alpha value is -3.59. The van der Waals surface area contributed by atoms with Gasteiger partial charge in [0.1, 0.15) is 22.7 Å². The van der Waals surface area contributed by atoms with Crippen LogP contribution >= 0.6 is 23.2 Å². The topological polar surface area (TPSA) is 128 Å². The number of methoxy groups -OCH3 is 2. The first kappa shape index (κ1) is 34.3. The lowest BCUT2D eigenvalue weighted by Gasteiger charge is -2.23. The molecule has 1 aliphatic carbocycles. The predicted octanol–water partition coefficient (Wildman–Crippen LogP) is 4.89. The fraction of sp³-hybridized carbons (Fsp3) is 0.379. The third kappa shape index (κ3) is 9.70. The van der Waals surface area contributed by atoms with E-state index in [4.69, 9.17) is 42.1 Å². The highest BCUT2D eigenvalue weighted by molar-refractivity contribution is 7.69. The Morgan fingerprint density at radius 3 is 2.29 bits per heavy atom. The Morgan fingerprint density at radius 2 is 1.69 bits per heavy atom. The normalized spacial score (nSPS) is 13.6. The molecule has 1 aromatic heterocycles. The van der Waals surface area contributed by atoms with Crippen LogP contribution in [0.25, 0.3) is 0 Å². The van der Waals surface area contributed by atoms with Crippen molar-refractivity contribution in [3.8, 4) is 23.0 Å². The van der Waals surface area contributed by atoms with Crippen LogP contribution in [0.5, 0.6) is 23.0 Å². The van der Waals surface area contributed by atoms with Gasteiger partial charge in [-0.05, 0) is 54.2 Å². The lowest BCUT2D eigenvalue weighted by molar-refractivity contribution is -0.605. The number of alkyl halides is 2. The maximum Gasteiger partial charge on any atom is 0.387 e. The first-order valence-corrected chi connectivity index (χ1v) is 15.4. The number of pyridine rings is 1. The molecule has 0 bridgehead atoms. The van der Waals surface area contributed by atoms with E-state index in [0.717, 1.165) is 29.5 Å². The first-order chi connectivity index (χ1) is 21.5. The number of esters is 1.